The number of nitrogens with one attached hydrogen (secondary N) is 2. The molecule has 3 rings (SSSR count). The van der Waals surface area contributed by atoms with Gasteiger partial charge in [0.25, 0.3) is 0 Å². The van der Waals surface area contributed by atoms with E-state index in [1.165, 1.54) is 19.3 Å². The van der Waals surface area contributed by atoms with Gasteiger partial charge in [-0.25, -0.2) is 0 Å². The quantitative estimate of drug-likeness (QED) is 0.631. The molecule has 0 spiro atoms. The van der Waals surface area contributed by atoms with Gasteiger partial charge in [-0.1, -0.05) is 19.3 Å². The van der Waals surface area contributed by atoms with Crippen LogP contribution in [0.25, 0.3) is 0 Å². The number of piperazine rings is 1. The van der Waals surface area contributed by atoms with Crippen LogP contribution < -0.4 is 10.6 Å². The van der Waals surface area contributed by atoms with Crippen LogP contribution in [0.3, 0.4) is 0 Å². The summed E-state index contributed by atoms with van der Waals surface area (Å²) in [6.45, 7) is 3.71. The molecule has 0 aromatic carbocycles. The van der Waals surface area contributed by atoms with Gasteiger partial charge in [-0.3, -0.25) is 14.5 Å². The minimum Gasteiger partial charge on any atom is -0.392 e. The maximum absolute atomic E-state index is 12.4. The zero-order valence-electron chi connectivity index (χ0n) is 14.4. The van der Waals surface area contributed by atoms with Crippen molar-refractivity contribution < 1.29 is 14.7 Å². The number of carbonyl (C=O) groups excluding carboxylic acids is 2. The van der Waals surface area contributed by atoms with Gasteiger partial charge >= 0.3 is 0 Å². The van der Waals surface area contributed by atoms with Gasteiger partial charge in [-0.15, -0.1) is 0 Å². The highest BCUT2D eigenvalue weighted by atomic mass is 16.3. The summed E-state index contributed by atoms with van der Waals surface area (Å²) >= 11 is 0. The Labute approximate surface area is 143 Å². The van der Waals surface area contributed by atoms with Crippen molar-refractivity contribution in [3.8, 4) is 0 Å². The summed E-state index contributed by atoms with van der Waals surface area (Å²) in [5.74, 6) is 0.195. The summed E-state index contributed by atoms with van der Waals surface area (Å²) < 4.78 is 0. The number of nitrogens with zero attached hydrogens (tertiary/aromatic N) is 2. The van der Waals surface area contributed by atoms with Gasteiger partial charge in [0.05, 0.1) is 18.7 Å². The lowest BCUT2D eigenvalue weighted by Gasteiger charge is -2.36. The molecule has 3 N–H and O–H groups in total. The summed E-state index contributed by atoms with van der Waals surface area (Å²) in [4.78, 5) is 28.5. The fraction of sp³-hybridized carbons (Fsp3) is 0.882. The van der Waals surface area contributed by atoms with Crippen LogP contribution in [-0.4, -0.2) is 84.2 Å². The number of hydrogen-bond donors (Lipinski definition) is 3. The van der Waals surface area contributed by atoms with Crippen LogP contribution in [-0.2, 0) is 9.59 Å². The van der Waals surface area contributed by atoms with Crippen molar-refractivity contribution in [2.45, 2.75) is 56.7 Å². The lowest BCUT2D eigenvalue weighted by molar-refractivity contribution is -0.135. The van der Waals surface area contributed by atoms with Gasteiger partial charge in [0, 0.05) is 38.8 Å². The second-order valence-electron chi connectivity index (χ2n) is 7.35. The van der Waals surface area contributed by atoms with Crippen LogP contribution in [0.4, 0.5) is 0 Å². The number of hydrogen-bond acceptors (Lipinski definition) is 5. The lowest BCUT2D eigenvalue weighted by atomic mass is 9.95. The third kappa shape index (κ3) is 4.68. The minimum atomic E-state index is -0.413. The smallest absolute Gasteiger partial charge is 0.239 e. The molecule has 1 saturated carbocycles. The Bertz CT molecular complexity index is 445. The number of rotatable bonds is 4. The molecule has 3 fully saturated rings. The molecule has 2 aliphatic heterocycles. The fourth-order valence-electron chi connectivity index (χ4n) is 3.98. The molecule has 0 aromatic rings. The molecular formula is C17H30N4O3. The highest BCUT2D eigenvalue weighted by Gasteiger charge is 2.33. The molecule has 0 radical (unpaired) electrons. The zero-order chi connectivity index (χ0) is 16.9. The molecule has 2 amide bonds. The summed E-state index contributed by atoms with van der Waals surface area (Å²) in [6.07, 6.45) is 6.02. The number of carbonyl (C=O) groups is 2. The number of β-amino-alcohol motifs (C(OH)–C–C–N with tert-alkyl or cyclic N) is 1. The Kier molecular flexibility index (Phi) is 6.08. The number of aliphatic hydroxyl groups is 1. The molecular weight excluding hydrogens is 308 g/mol. The van der Waals surface area contributed by atoms with Crippen molar-refractivity contribution in [1.82, 2.24) is 20.4 Å². The SMILES string of the molecule is O=C(CN1CCN(C(=O)C2CC(O)CN2)CC1)NC1CCCCC1. The van der Waals surface area contributed by atoms with Gasteiger partial charge < -0.3 is 20.6 Å². The summed E-state index contributed by atoms with van der Waals surface area (Å²) in [5, 5.41) is 15.8. The summed E-state index contributed by atoms with van der Waals surface area (Å²) in [6, 6.07) is 0.107. The lowest BCUT2D eigenvalue weighted by Crippen LogP contribution is -2.54. The fourth-order valence-corrected chi connectivity index (χ4v) is 3.98. The molecule has 0 bridgehead atoms. The van der Waals surface area contributed by atoms with Crippen molar-refractivity contribution in [3.05, 3.63) is 0 Å². The normalized spacial score (nSPS) is 29.6. The maximum Gasteiger partial charge on any atom is 0.239 e. The molecule has 2 atom stereocenters. The van der Waals surface area contributed by atoms with E-state index in [9.17, 15) is 14.7 Å². The minimum absolute atomic E-state index is 0.0813. The second-order valence-corrected chi connectivity index (χ2v) is 7.35. The van der Waals surface area contributed by atoms with Gasteiger partial charge in [-0.2, -0.15) is 0 Å². The van der Waals surface area contributed by atoms with Crippen molar-refractivity contribution in [1.29, 1.82) is 0 Å². The highest BCUT2D eigenvalue weighted by Crippen LogP contribution is 2.17. The molecule has 7 nitrogen and oxygen atoms in total. The average molecular weight is 338 g/mol. The molecule has 2 saturated heterocycles. The van der Waals surface area contributed by atoms with E-state index in [1.807, 2.05) is 4.90 Å². The topological polar surface area (TPSA) is 84.9 Å². The van der Waals surface area contributed by atoms with Gasteiger partial charge in [-0.05, 0) is 19.3 Å². The van der Waals surface area contributed by atoms with Crippen LogP contribution >= 0.6 is 0 Å². The monoisotopic (exact) mass is 338 g/mol. The van der Waals surface area contributed by atoms with Crippen LogP contribution in [0.2, 0.25) is 0 Å². The maximum atomic E-state index is 12.4. The van der Waals surface area contributed by atoms with E-state index in [1.54, 1.807) is 0 Å². The van der Waals surface area contributed by atoms with E-state index in [0.29, 0.717) is 38.6 Å². The van der Waals surface area contributed by atoms with Crippen LogP contribution in [0.1, 0.15) is 38.5 Å². The zero-order valence-corrected chi connectivity index (χ0v) is 14.4. The van der Waals surface area contributed by atoms with E-state index in [2.05, 4.69) is 15.5 Å². The van der Waals surface area contributed by atoms with E-state index in [4.69, 9.17) is 0 Å². The van der Waals surface area contributed by atoms with Gasteiger partial charge in [0.2, 0.25) is 11.8 Å². The van der Waals surface area contributed by atoms with Crippen LogP contribution in [0.15, 0.2) is 0 Å². The molecule has 136 valence electrons. The Morgan fingerprint density at radius 3 is 2.42 bits per heavy atom. The third-order valence-corrected chi connectivity index (χ3v) is 5.43. The van der Waals surface area contributed by atoms with Crippen LogP contribution in [0.5, 0.6) is 0 Å². The molecule has 2 heterocycles. The van der Waals surface area contributed by atoms with E-state index in [0.717, 1.165) is 25.9 Å². The molecule has 2 unspecified atom stereocenters. The van der Waals surface area contributed by atoms with Crippen molar-refractivity contribution in [2.75, 3.05) is 39.3 Å². The predicted molar refractivity (Wildman–Crippen MR) is 90.5 cm³/mol. The Morgan fingerprint density at radius 1 is 1.08 bits per heavy atom. The molecule has 3 aliphatic rings. The largest absolute Gasteiger partial charge is 0.392 e. The molecule has 1 aliphatic carbocycles. The van der Waals surface area contributed by atoms with Crippen molar-refractivity contribution >= 4 is 11.8 Å². The third-order valence-electron chi connectivity index (χ3n) is 5.43. The molecule has 0 aromatic heterocycles. The summed E-state index contributed by atoms with van der Waals surface area (Å²) in [7, 11) is 0. The van der Waals surface area contributed by atoms with E-state index < -0.39 is 6.10 Å². The van der Waals surface area contributed by atoms with Gasteiger partial charge in [0.1, 0.15) is 0 Å². The Morgan fingerprint density at radius 2 is 1.79 bits per heavy atom. The average Bonchev–Trinajstić information content (AvgIpc) is 3.02. The second kappa shape index (κ2) is 8.27. The van der Waals surface area contributed by atoms with Crippen LogP contribution in [0, 0.1) is 0 Å². The number of amides is 2. The predicted octanol–water partition coefficient (Wildman–Crippen LogP) is -0.698. The van der Waals surface area contributed by atoms with Crippen molar-refractivity contribution in [3.63, 3.8) is 0 Å². The highest BCUT2D eigenvalue weighted by molar-refractivity contribution is 5.82. The van der Waals surface area contributed by atoms with Crippen molar-refractivity contribution in [2.24, 2.45) is 0 Å². The Balaban J connectivity index is 1.37. The van der Waals surface area contributed by atoms with Gasteiger partial charge in [0.15, 0.2) is 0 Å². The first-order valence-corrected chi connectivity index (χ1v) is 9.34. The first-order valence-electron chi connectivity index (χ1n) is 9.34. The number of aliphatic hydroxyl groups excluding tert-OH is 1. The van der Waals surface area contributed by atoms with E-state index in [-0.39, 0.29) is 17.9 Å². The first-order chi connectivity index (χ1) is 11.6. The molecule has 7 heteroatoms. The molecule has 24 heavy (non-hydrogen) atoms. The Hall–Kier alpha value is -1.18. The summed E-state index contributed by atoms with van der Waals surface area (Å²) in [5.41, 5.74) is 0. The standard InChI is InChI=1S/C17H30N4O3/c22-14-10-15(18-11-14)17(24)21-8-6-20(7-9-21)12-16(23)19-13-4-2-1-3-5-13/h13-15,18,22H,1-12H2,(H,19,23). The first kappa shape index (κ1) is 17.6. The van der Waals surface area contributed by atoms with E-state index >= 15 is 0 Å².